The highest BCUT2D eigenvalue weighted by Gasteiger charge is 2.34. The van der Waals surface area contributed by atoms with Crippen molar-refractivity contribution in [3.8, 4) is 5.75 Å². The molecule has 0 aliphatic carbocycles. The van der Waals surface area contributed by atoms with Gasteiger partial charge in [0.25, 0.3) is 0 Å². The van der Waals surface area contributed by atoms with Crippen molar-refractivity contribution >= 4 is 34.1 Å². The first-order valence-electron chi connectivity index (χ1n) is 12.6. The zero-order chi connectivity index (χ0) is 28.3. The Morgan fingerprint density at radius 1 is 0.950 bits per heavy atom. The Balaban J connectivity index is 1.59. The van der Waals surface area contributed by atoms with E-state index in [4.69, 9.17) is 16.3 Å². The number of nitrogens with one attached hydrogen (secondary N) is 1. The maximum atomic E-state index is 13.8. The van der Waals surface area contributed by atoms with E-state index in [1.807, 2.05) is 60.8 Å². The van der Waals surface area contributed by atoms with Crippen LogP contribution in [0.2, 0.25) is 5.02 Å². The molecule has 0 bridgehead atoms. The maximum Gasteiger partial charge on any atom is 0.417 e. The molecule has 1 amide bonds. The summed E-state index contributed by atoms with van der Waals surface area (Å²) in [5, 5.41) is 3.34. The van der Waals surface area contributed by atoms with Crippen molar-refractivity contribution in [3.05, 3.63) is 131 Å². The lowest BCUT2D eigenvalue weighted by molar-refractivity contribution is -0.137. The van der Waals surface area contributed by atoms with Crippen LogP contribution >= 0.6 is 11.6 Å². The van der Waals surface area contributed by atoms with E-state index in [0.717, 1.165) is 33.8 Å². The molecule has 0 saturated carbocycles. The number of amides is 1. The minimum atomic E-state index is -4.63. The van der Waals surface area contributed by atoms with Gasteiger partial charge < -0.3 is 14.6 Å². The van der Waals surface area contributed by atoms with Crippen LogP contribution in [0.1, 0.15) is 34.6 Å². The first-order chi connectivity index (χ1) is 19.2. The number of fused-ring (bicyclic) bond motifs is 1. The highest BCUT2D eigenvalue weighted by atomic mass is 35.5. The molecule has 4 nitrogen and oxygen atoms in total. The van der Waals surface area contributed by atoms with Crippen LogP contribution in [0.5, 0.6) is 5.75 Å². The quantitative estimate of drug-likeness (QED) is 0.206. The molecular formula is C32H26ClF3N2O2. The van der Waals surface area contributed by atoms with Gasteiger partial charge >= 0.3 is 6.18 Å². The third-order valence-electron chi connectivity index (χ3n) is 6.85. The number of halogens is 4. The van der Waals surface area contributed by atoms with Crippen LogP contribution < -0.4 is 10.1 Å². The predicted molar refractivity (Wildman–Crippen MR) is 152 cm³/mol. The topological polar surface area (TPSA) is 43.3 Å². The van der Waals surface area contributed by atoms with Crippen LogP contribution in [0.4, 0.5) is 18.9 Å². The van der Waals surface area contributed by atoms with Gasteiger partial charge in [-0.2, -0.15) is 13.2 Å². The number of nitrogens with zero attached hydrogens (tertiary/aromatic N) is 1. The number of anilines is 1. The molecule has 0 spiro atoms. The van der Waals surface area contributed by atoms with E-state index in [9.17, 15) is 18.0 Å². The van der Waals surface area contributed by atoms with E-state index >= 15 is 0 Å². The van der Waals surface area contributed by atoms with Gasteiger partial charge in [-0.1, -0.05) is 66.2 Å². The molecule has 0 radical (unpaired) electrons. The number of hydrogen-bond acceptors (Lipinski definition) is 2. The number of hydrogen-bond donors (Lipinski definition) is 1. The lowest BCUT2D eigenvalue weighted by Gasteiger charge is -2.19. The molecule has 1 unspecified atom stereocenters. The van der Waals surface area contributed by atoms with Crippen molar-refractivity contribution in [2.45, 2.75) is 25.1 Å². The smallest absolute Gasteiger partial charge is 0.417 e. The summed E-state index contributed by atoms with van der Waals surface area (Å²) in [6.07, 6.45) is -2.77. The second-order valence-electron chi connectivity index (χ2n) is 9.49. The predicted octanol–water partition coefficient (Wildman–Crippen LogP) is 8.53. The van der Waals surface area contributed by atoms with Crippen molar-refractivity contribution in [1.29, 1.82) is 0 Å². The molecule has 8 heteroatoms. The van der Waals surface area contributed by atoms with Crippen LogP contribution in [0.25, 0.3) is 10.9 Å². The average Bonchev–Trinajstić information content (AvgIpc) is 3.30. The summed E-state index contributed by atoms with van der Waals surface area (Å²) in [4.78, 5) is 13.2. The molecule has 40 heavy (non-hydrogen) atoms. The molecule has 1 heterocycles. The molecule has 1 N–H and O–H groups in total. The van der Waals surface area contributed by atoms with E-state index in [0.29, 0.717) is 17.8 Å². The molecule has 5 aromatic rings. The second-order valence-corrected chi connectivity index (χ2v) is 9.89. The van der Waals surface area contributed by atoms with Gasteiger partial charge in [0.15, 0.2) is 0 Å². The number of para-hydroxylation sites is 2. The van der Waals surface area contributed by atoms with Gasteiger partial charge in [-0.3, -0.25) is 4.79 Å². The third-order valence-corrected chi connectivity index (χ3v) is 7.18. The molecule has 5 rings (SSSR count). The van der Waals surface area contributed by atoms with Crippen molar-refractivity contribution in [2.24, 2.45) is 0 Å². The summed E-state index contributed by atoms with van der Waals surface area (Å²) in [5.74, 6) is -0.231. The molecule has 1 atom stereocenters. The lowest BCUT2D eigenvalue weighted by Crippen LogP contribution is -2.17. The highest BCUT2D eigenvalue weighted by molar-refractivity contribution is 6.31. The zero-order valence-corrected chi connectivity index (χ0v) is 22.3. The number of carbonyl (C=O) groups is 1. The van der Waals surface area contributed by atoms with Crippen LogP contribution in [0.3, 0.4) is 0 Å². The fraction of sp³-hybridized carbons (Fsp3) is 0.156. The summed E-state index contributed by atoms with van der Waals surface area (Å²) < 4.78 is 48.8. The van der Waals surface area contributed by atoms with Gasteiger partial charge in [-0.25, -0.2) is 0 Å². The minimum absolute atomic E-state index is 0.0651. The molecule has 4 aromatic carbocycles. The largest absolute Gasteiger partial charge is 0.497 e. The maximum absolute atomic E-state index is 13.8. The average molecular weight is 563 g/mol. The van der Waals surface area contributed by atoms with E-state index in [1.165, 1.54) is 6.07 Å². The first kappa shape index (κ1) is 27.3. The fourth-order valence-corrected chi connectivity index (χ4v) is 5.14. The number of aromatic nitrogens is 1. The third kappa shape index (κ3) is 6.00. The normalized spacial score (nSPS) is 12.3. The van der Waals surface area contributed by atoms with Crippen molar-refractivity contribution in [3.63, 3.8) is 0 Å². The van der Waals surface area contributed by atoms with Gasteiger partial charge in [0.2, 0.25) is 5.91 Å². The Kier molecular flexibility index (Phi) is 7.85. The van der Waals surface area contributed by atoms with Gasteiger partial charge in [-0.15, -0.1) is 0 Å². The Morgan fingerprint density at radius 3 is 2.35 bits per heavy atom. The Hall–Kier alpha value is -4.23. The minimum Gasteiger partial charge on any atom is -0.497 e. The summed E-state index contributed by atoms with van der Waals surface area (Å²) in [6.45, 7) is 0.530. The molecule has 0 fully saturated rings. The van der Waals surface area contributed by atoms with Crippen LogP contribution in [0.15, 0.2) is 103 Å². The van der Waals surface area contributed by atoms with E-state index in [1.54, 1.807) is 37.4 Å². The van der Waals surface area contributed by atoms with Crippen LogP contribution in [-0.2, 0) is 17.5 Å². The van der Waals surface area contributed by atoms with Crippen molar-refractivity contribution in [2.75, 3.05) is 12.4 Å². The Labute approximate surface area is 235 Å². The summed E-state index contributed by atoms with van der Waals surface area (Å²) in [5.41, 5.74) is 2.72. The fourth-order valence-electron chi connectivity index (χ4n) is 4.91. The number of benzene rings is 4. The first-order valence-corrected chi connectivity index (χ1v) is 13.0. The number of ether oxygens (including phenoxy) is 1. The molecule has 0 saturated heterocycles. The van der Waals surface area contributed by atoms with Crippen molar-refractivity contribution < 1.29 is 22.7 Å². The number of alkyl halides is 3. The van der Waals surface area contributed by atoms with Crippen molar-refractivity contribution in [1.82, 2.24) is 4.57 Å². The van der Waals surface area contributed by atoms with Gasteiger partial charge in [-0.05, 0) is 59.2 Å². The molecular weight excluding hydrogens is 537 g/mol. The number of carbonyl (C=O) groups excluding carboxylic acids is 1. The SMILES string of the molecule is COc1ccc(Cn2cc(C(CC(=O)Nc3ccccc3)c3ccc(Cl)c(C(F)(F)F)c3)c3ccccc32)cc1. The second kappa shape index (κ2) is 11.5. The van der Waals surface area contributed by atoms with Gasteiger partial charge in [0.05, 0.1) is 17.7 Å². The zero-order valence-electron chi connectivity index (χ0n) is 21.6. The standard InChI is InChI=1S/C32H26ClF3N2O2/c1-40-24-14-11-21(12-15-24)19-38-20-27(25-9-5-6-10-30(25)38)26(18-31(39)37-23-7-3-2-4-8-23)22-13-16-29(33)28(17-22)32(34,35)36/h2-17,20,26H,18-19H2,1H3,(H,37,39). The summed E-state index contributed by atoms with van der Waals surface area (Å²) in [6, 6.07) is 28.2. The molecule has 0 aliphatic rings. The summed E-state index contributed by atoms with van der Waals surface area (Å²) in [7, 11) is 1.61. The number of rotatable bonds is 8. The lowest BCUT2D eigenvalue weighted by atomic mass is 9.87. The molecule has 204 valence electrons. The summed E-state index contributed by atoms with van der Waals surface area (Å²) >= 11 is 5.94. The number of methoxy groups -OCH3 is 1. The van der Waals surface area contributed by atoms with E-state index in [-0.39, 0.29) is 17.4 Å². The van der Waals surface area contributed by atoms with Gasteiger partial charge in [0, 0.05) is 41.7 Å². The molecule has 1 aromatic heterocycles. The highest BCUT2D eigenvalue weighted by Crippen LogP contribution is 2.40. The van der Waals surface area contributed by atoms with Crippen LogP contribution in [-0.4, -0.2) is 17.6 Å². The Morgan fingerprint density at radius 2 is 1.65 bits per heavy atom. The van der Waals surface area contributed by atoms with E-state index in [2.05, 4.69) is 9.88 Å². The van der Waals surface area contributed by atoms with E-state index < -0.39 is 17.7 Å². The Bertz CT molecular complexity index is 1630. The van der Waals surface area contributed by atoms with Gasteiger partial charge in [0.1, 0.15) is 5.75 Å². The monoisotopic (exact) mass is 562 g/mol. The molecule has 0 aliphatic heterocycles. The van der Waals surface area contributed by atoms with Crippen LogP contribution in [0, 0.1) is 0 Å².